The number of aromatic nitrogens is 2. The molecule has 0 saturated carbocycles. The lowest BCUT2D eigenvalue weighted by Gasteiger charge is -2.13. The Morgan fingerprint density at radius 3 is 2.23 bits per heavy atom. The van der Waals surface area contributed by atoms with Crippen molar-refractivity contribution in [3.05, 3.63) is 69.7 Å². The number of hydrogen-bond donors (Lipinski definition) is 1. The maximum atomic E-state index is 6.37. The van der Waals surface area contributed by atoms with Crippen molar-refractivity contribution < 1.29 is 14.2 Å². The summed E-state index contributed by atoms with van der Waals surface area (Å²) in [5.41, 5.74) is 4.70. The van der Waals surface area contributed by atoms with Gasteiger partial charge in [-0.1, -0.05) is 41.4 Å². The van der Waals surface area contributed by atoms with Gasteiger partial charge in [0, 0.05) is 22.0 Å². The standard InChI is InChI=1S/C23H20Cl2N2O3/c1-28-19-10-15(11-20(29-2)22(19)30-3)23-26-18-6-4-5-14(21(18)27-23)9-13-7-8-16(24)12-17(13)25/h4-8,10-12H,9H2,1-3H3,(H,26,27). The number of hydrogen-bond acceptors (Lipinski definition) is 4. The SMILES string of the molecule is COc1cc(-c2nc3c(Cc4ccc(Cl)cc4Cl)cccc3[nH]2)cc(OC)c1OC. The number of halogens is 2. The van der Waals surface area contributed by atoms with E-state index in [0.29, 0.717) is 39.5 Å². The van der Waals surface area contributed by atoms with Gasteiger partial charge < -0.3 is 19.2 Å². The number of methoxy groups -OCH3 is 3. The number of imidazole rings is 1. The minimum atomic E-state index is 0.540. The summed E-state index contributed by atoms with van der Waals surface area (Å²) < 4.78 is 16.3. The number of nitrogens with zero attached hydrogens (tertiary/aromatic N) is 1. The first-order valence-corrected chi connectivity index (χ1v) is 10.0. The van der Waals surface area contributed by atoms with Crippen molar-refractivity contribution >= 4 is 34.2 Å². The summed E-state index contributed by atoms with van der Waals surface area (Å²) >= 11 is 12.4. The van der Waals surface area contributed by atoms with Crippen molar-refractivity contribution in [2.45, 2.75) is 6.42 Å². The molecule has 1 heterocycles. The van der Waals surface area contributed by atoms with E-state index < -0.39 is 0 Å². The van der Waals surface area contributed by atoms with Crippen molar-refractivity contribution in [3.8, 4) is 28.6 Å². The molecule has 4 rings (SSSR count). The van der Waals surface area contributed by atoms with Gasteiger partial charge in [-0.15, -0.1) is 0 Å². The van der Waals surface area contributed by atoms with Crippen LogP contribution in [0, 0.1) is 0 Å². The van der Waals surface area contributed by atoms with Crippen LogP contribution in [0.2, 0.25) is 10.0 Å². The molecule has 0 fully saturated rings. The first-order valence-electron chi connectivity index (χ1n) is 9.26. The molecule has 0 unspecified atom stereocenters. The molecular weight excluding hydrogens is 423 g/mol. The van der Waals surface area contributed by atoms with Crippen molar-refractivity contribution in [2.24, 2.45) is 0 Å². The number of ether oxygens (including phenoxy) is 3. The fraction of sp³-hybridized carbons (Fsp3) is 0.174. The average molecular weight is 443 g/mol. The lowest BCUT2D eigenvalue weighted by molar-refractivity contribution is 0.324. The van der Waals surface area contributed by atoms with Crippen LogP contribution in [0.4, 0.5) is 0 Å². The second-order valence-corrected chi connectivity index (χ2v) is 7.57. The van der Waals surface area contributed by atoms with Crippen LogP contribution in [0.15, 0.2) is 48.5 Å². The first kappa shape index (κ1) is 20.4. The molecule has 1 N–H and O–H groups in total. The predicted octanol–water partition coefficient (Wildman–Crippen LogP) is 6.15. The van der Waals surface area contributed by atoms with E-state index in [-0.39, 0.29) is 0 Å². The Balaban J connectivity index is 1.79. The average Bonchev–Trinajstić information content (AvgIpc) is 3.20. The van der Waals surface area contributed by atoms with Crippen molar-refractivity contribution in [3.63, 3.8) is 0 Å². The highest BCUT2D eigenvalue weighted by Crippen LogP contribution is 2.41. The van der Waals surface area contributed by atoms with Crippen LogP contribution < -0.4 is 14.2 Å². The summed E-state index contributed by atoms with van der Waals surface area (Å²) in [5.74, 6) is 2.39. The van der Waals surface area contributed by atoms with E-state index in [1.54, 1.807) is 27.4 Å². The molecule has 0 radical (unpaired) electrons. The number of nitrogens with one attached hydrogen (secondary N) is 1. The molecule has 0 amide bonds. The van der Waals surface area contributed by atoms with Gasteiger partial charge in [-0.25, -0.2) is 4.98 Å². The van der Waals surface area contributed by atoms with Gasteiger partial charge >= 0.3 is 0 Å². The zero-order valence-electron chi connectivity index (χ0n) is 16.8. The second kappa shape index (κ2) is 8.46. The van der Waals surface area contributed by atoms with Gasteiger partial charge in [-0.05, 0) is 41.5 Å². The third-order valence-electron chi connectivity index (χ3n) is 4.93. The maximum absolute atomic E-state index is 6.37. The molecule has 3 aromatic carbocycles. The highest BCUT2D eigenvalue weighted by atomic mass is 35.5. The normalized spacial score (nSPS) is 11.0. The Labute approximate surface area is 184 Å². The van der Waals surface area contributed by atoms with Crippen LogP contribution in [-0.2, 0) is 6.42 Å². The van der Waals surface area contributed by atoms with Crippen LogP contribution in [0.5, 0.6) is 17.2 Å². The number of fused-ring (bicyclic) bond motifs is 1. The van der Waals surface area contributed by atoms with E-state index in [0.717, 1.165) is 27.7 Å². The molecule has 0 aliphatic heterocycles. The number of para-hydroxylation sites is 1. The van der Waals surface area contributed by atoms with Crippen LogP contribution in [0.25, 0.3) is 22.4 Å². The summed E-state index contributed by atoms with van der Waals surface area (Å²) in [6.07, 6.45) is 0.646. The fourth-order valence-corrected chi connectivity index (χ4v) is 3.93. The molecule has 0 saturated heterocycles. The number of H-pyrrole nitrogens is 1. The zero-order valence-corrected chi connectivity index (χ0v) is 18.3. The van der Waals surface area contributed by atoms with Gasteiger partial charge in [0.2, 0.25) is 5.75 Å². The summed E-state index contributed by atoms with van der Waals surface area (Å²) in [6, 6.07) is 15.3. The lowest BCUT2D eigenvalue weighted by atomic mass is 10.0. The molecule has 0 aliphatic carbocycles. The van der Waals surface area contributed by atoms with Crippen molar-refractivity contribution in [1.82, 2.24) is 9.97 Å². The van der Waals surface area contributed by atoms with Crippen molar-refractivity contribution in [2.75, 3.05) is 21.3 Å². The molecule has 5 nitrogen and oxygen atoms in total. The van der Waals surface area contributed by atoms with E-state index in [2.05, 4.69) is 4.98 Å². The van der Waals surface area contributed by atoms with Crippen LogP contribution in [0.1, 0.15) is 11.1 Å². The highest BCUT2D eigenvalue weighted by Gasteiger charge is 2.17. The molecular formula is C23H20Cl2N2O3. The maximum Gasteiger partial charge on any atom is 0.203 e. The van der Waals surface area contributed by atoms with Gasteiger partial charge in [-0.3, -0.25) is 0 Å². The molecule has 0 spiro atoms. The third kappa shape index (κ3) is 3.78. The third-order valence-corrected chi connectivity index (χ3v) is 5.52. The van der Waals surface area contributed by atoms with Gasteiger partial charge in [0.05, 0.1) is 32.4 Å². The largest absolute Gasteiger partial charge is 0.493 e. The van der Waals surface area contributed by atoms with E-state index >= 15 is 0 Å². The van der Waals surface area contributed by atoms with Gasteiger partial charge in [0.15, 0.2) is 11.5 Å². The van der Waals surface area contributed by atoms with Gasteiger partial charge in [0.25, 0.3) is 0 Å². The molecule has 0 atom stereocenters. The monoisotopic (exact) mass is 442 g/mol. The van der Waals surface area contributed by atoms with Gasteiger partial charge in [-0.2, -0.15) is 0 Å². The predicted molar refractivity (Wildman–Crippen MR) is 120 cm³/mol. The topological polar surface area (TPSA) is 56.4 Å². The molecule has 154 valence electrons. The minimum absolute atomic E-state index is 0.540. The van der Waals surface area contributed by atoms with E-state index in [1.807, 2.05) is 42.5 Å². The second-order valence-electron chi connectivity index (χ2n) is 6.73. The minimum Gasteiger partial charge on any atom is -0.493 e. The number of aromatic amines is 1. The van der Waals surface area contributed by atoms with E-state index in [4.69, 9.17) is 42.4 Å². The summed E-state index contributed by atoms with van der Waals surface area (Å²) in [4.78, 5) is 8.24. The molecule has 30 heavy (non-hydrogen) atoms. The van der Waals surface area contributed by atoms with E-state index in [9.17, 15) is 0 Å². The summed E-state index contributed by atoms with van der Waals surface area (Å²) in [6.45, 7) is 0. The zero-order chi connectivity index (χ0) is 21.3. The highest BCUT2D eigenvalue weighted by molar-refractivity contribution is 6.35. The van der Waals surface area contributed by atoms with Gasteiger partial charge in [0.1, 0.15) is 5.82 Å². The Kier molecular flexibility index (Phi) is 5.75. The van der Waals surface area contributed by atoms with Crippen molar-refractivity contribution in [1.29, 1.82) is 0 Å². The van der Waals surface area contributed by atoms with Crippen LogP contribution >= 0.6 is 23.2 Å². The lowest BCUT2D eigenvalue weighted by Crippen LogP contribution is -1.96. The number of benzene rings is 3. The summed E-state index contributed by atoms with van der Waals surface area (Å²) in [7, 11) is 4.76. The molecule has 7 heteroatoms. The molecule has 4 aromatic rings. The fourth-order valence-electron chi connectivity index (χ4n) is 3.46. The summed E-state index contributed by atoms with van der Waals surface area (Å²) in [5, 5.41) is 1.26. The van der Waals surface area contributed by atoms with E-state index in [1.165, 1.54) is 0 Å². The smallest absolute Gasteiger partial charge is 0.203 e. The molecule has 1 aromatic heterocycles. The Morgan fingerprint density at radius 2 is 1.60 bits per heavy atom. The quantitative estimate of drug-likeness (QED) is 0.388. The molecule has 0 aliphatic rings. The van der Waals surface area contributed by atoms with Crippen LogP contribution in [-0.4, -0.2) is 31.3 Å². The van der Waals surface area contributed by atoms with Crippen LogP contribution in [0.3, 0.4) is 0 Å². The first-order chi connectivity index (χ1) is 14.5. The molecule has 0 bridgehead atoms. The Bertz CT molecular complexity index is 1200. The Hall–Kier alpha value is -2.89. The number of rotatable bonds is 6. The Morgan fingerprint density at radius 1 is 0.867 bits per heavy atom.